The number of primary amides is 1. The van der Waals surface area contributed by atoms with Gasteiger partial charge in [-0.1, -0.05) is 11.8 Å². The van der Waals surface area contributed by atoms with Crippen LogP contribution in [0.1, 0.15) is 35.7 Å². The Hall–Kier alpha value is -3.19. The summed E-state index contributed by atoms with van der Waals surface area (Å²) in [5.41, 5.74) is 6.30. The summed E-state index contributed by atoms with van der Waals surface area (Å²) in [5, 5.41) is 15.5. The molecule has 1 aliphatic rings. The molecule has 170 valence electrons. The average Bonchev–Trinajstić information content (AvgIpc) is 3.37. The molecule has 1 saturated heterocycles. The molecule has 0 aliphatic carbocycles. The maximum Gasteiger partial charge on any atom is 0.410 e. The summed E-state index contributed by atoms with van der Waals surface area (Å²) in [4.78, 5) is 51.6. The lowest BCUT2D eigenvalue weighted by molar-refractivity contribution is -0.384. The SMILES string of the molecule is CC(=O)S[C@H]1C[C@@H](c2csc(CNC(N)=O)n2)N(C(=O)OCc2ccc([N+](=O)[O-])cc2)C1. The summed E-state index contributed by atoms with van der Waals surface area (Å²) in [7, 11) is 0. The Kier molecular flexibility index (Phi) is 7.64. The minimum absolute atomic E-state index is 0.0422. The topological polar surface area (TPSA) is 158 Å². The lowest BCUT2D eigenvalue weighted by Gasteiger charge is -2.22. The second-order valence-corrected chi connectivity index (χ2v) is 9.42. The van der Waals surface area contributed by atoms with E-state index in [0.717, 1.165) is 0 Å². The molecule has 0 unspecified atom stereocenters. The standard InChI is InChI=1S/C19H21N5O6S2/c1-11(25)32-14-6-16(15-10-31-17(22-15)7-21-18(20)26)23(8-14)19(27)30-9-12-2-4-13(5-3-12)24(28)29/h2-5,10,14,16H,6-9H2,1H3,(H3,20,21,26)/t14-,16-/m0/s1. The van der Waals surface area contributed by atoms with E-state index in [1.165, 1.54) is 59.2 Å². The normalized spacial score (nSPS) is 17.7. The van der Waals surface area contributed by atoms with Crippen molar-refractivity contribution in [3.63, 3.8) is 0 Å². The van der Waals surface area contributed by atoms with Gasteiger partial charge in [-0.05, 0) is 24.1 Å². The molecule has 1 aliphatic heterocycles. The molecule has 32 heavy (non-hydrogen) atoms. The van der Waals surface area contributed by atoms with Gasteiger partial charge in [-0.3, -0.25) is 19.8 Å². The number of nitro groups is 1. The number of nitrogens with zero attached hydrogens (tertiary/aromatic N) is 3. The summed E-state index contributed by atoms with van der Waals surface area (Å²) in [6.07, 6.45) is -0.0339. The summed E-state index contributed by atoms with van der Waals surface area (Å²) < 4.78 is 5.43. The van der Waals surface area contributed by atoms with Crippen LogP contribution in [0.5, 0.6) is 0 Å². The van der Waals surface area contributed by atoms with E-state index in [0.29, 0.717) is 29.2 Å². The number of carbonyl (C=O) groups excluding carboxylic acids is 3. The van der Waals surface area contributed by atoms with Gasteiger partial charge >= 0.3 is 12.1 Å². The van der Waals surface area contributed by atoms with Gasteiger partial charge in [0, 0.05) is 36.2 Å². The van der Waals surface area contributed by atoms with E-state index in [1.54, 1.807) is 5.38 Å². The van der Waals surface area contributed by atoms with E-state index in [9.17, 15) is 24.5 Å². The van der Waals surface area contributed by atoms with Crippen LogP contribution in [0, 0.1) is 10.1 Å². The Bertz CT molecular complexity index is 1010. The first-order valence-corrected chi connectivity index (χ1v) is 11.3. The molecule has 0 bridgehead atoms. The van der Waals surface area contributed by atoms with Crippen LogP contribution in [-0.2, 0) is 22.7 Å². The number of nitrogens with two attached hydrogens (primary N) is 1. The van der Waals surface area contributed by atoms with Crippen LogP contribution in [0.4, 0.5) is 15.3 Å². The summed E-state index contributed by atoms with van der Waals surface area (Å²) in [5.74, 6) is 0. The molecule has 2 heterocycles. The number of nitrogens with one attached hydrogen (secondary N) is 1. The number of carbonyl (C=O) groups is 3. The van der Waals surface area contributed by atoms with Crippen molar-refractivity contribution in [2.24, 2.45) is 5.73 Å². The number of benzene rings is 1. The third-order valence-corrected chi connectivity index (χ3v) is 6.54. The summed E-state index contributed by atoms with van der Waals surface area (Å²) in [6.45, 7) is 1.93. The zero-order chi connectivity index (χ0) is 23.3. The largest absolute Gasteiger partial charge is 0.445 e. The highest BCUT2D eigenvalue weighted by atomic mass is 32.2. The predicted molar refractivity (Wildman–Crippen MR) is 118 cm³/mol. The Labute approximate surface area is 191 Å². The van der Waals surface area contributed by atoms with E-state index in [4.69, 9.17) is 10.5 Å². The minimum atomic E-state index is -0.656. The number of hydrogen-bond donors (Lipinski definition) is 2. The first-order valence-electron chi connectivity index (χ1n) is 9.54. The fourth-order valence-corrected chi connectivity index (χ4v) is 5.03. The second-order valence-electron chi connectivity index (χ2n) is 7.00. The molecule has 11 nitrogen and oxygen atoms in total. The number of likely N-dealkylation sites (tertiary alicyclic amines) is 1. The third kappa shape index (κ3) is 6.17. The second kappa shape index (κ2) is 10.4. The van der Waals surface area contributed by atoms with Crippen LogP contribution in [0.15, 0.2) is 29.6 Å². The molecule has 2 aromatic rings. The van der Waals surface area contributed by atoms with E-state index in [2.05, 4.69) is 10.3 Å². The van der Waals surface area contributed by atoms with Crippen molar-refractivity contribution in [2.75, 3.05) is 6.54 Å². The van der Waals surface area contributed by atoms with Gasteiger partial charge in [-0.2, -0.15) is 0 Å². The Morgan fingerprint density at radius 3 is 2.72 bits per heavy atom. The number of aromatic nitrogens is 1. The number of non-ortho nitro benzene ring substituents is 1. The van der Waals surface area contributed by atoms with Crippen LogP contribution < -0.4 is 11.1 Å². The Morgan fingerprint density at radius 2 is 2.09 bits per heavy atom. The van der Waals surface area contributed by atoms with Gasteiger partial charge in [-0.15, -0.1) is 11.3 Å². The molecule has 3 rings (SSSR count). The Balaban J connectivity index is 1.69. The number of amides is 3. The van der Waals surface area contributed by atoms with E-state index in [1.807, 2.05) is 0 Å². The van der Waals surface area contributed by atoms with Crippen LogP contribution in [0.3, 0.4) is 0 Å². The number of thiazole rings is 1. The average molecular weight is 480 g/mol. The maximum absolute atomic E-state index is 12.8. The predicted octanol–water partition coefficient (Wildman–Crippen LogP) is 2.95. The van der Waals surface area contributed by atoms with Gasteiger partial charge < -0.3 is 15.8 Å². The van der Waals surface area contributed by atoms with Crippen molar-refractivity contribution in [1.29, 1.82) is 0 Å². The van der Waals surface area contributed by atoms with E-state index in [-0.39, 0.29) is 35.2 Å². The van der Waals surface area contributed by atoms with Crippen molar-refractivity contribution < 1.29 is 24.0 Å². The number of hydrogen-bond acceptors (Lipinski definition) is 9. The number of ether oxygens (including phenoxy) is 1. The van der Waals surface area contributed by atoms with Crippen LogP contribution >= 0.6 is 23.1 Å². The Morgan fingerprint density at radius 1 is 1.38 bits per heavy atom. The number of nitro benzene ring substituents is 1. The van der Waals surface area contributed by atoms with Gasteiger partial charge in [0.2, 0.25) is 0 Å². The molecule has 0 radical (unpaired) electrons. The number of urea groups is 1. The summed E-state index contributed by atoms with van der Waals surface area (Å²) >= 11 is 2.50. The first kappa shape index (κ1) is 23.5. The molecule has 1 fully saturated rings. The first-order chi connectivity index (χ1) is 15.2. The van der Waals surface area contributed by atoms with E-state index < -0.39 is 17.0 Å². The molecule has 2 atom stereocenters. The van der Waals surface area contributed by atoms with E-state index >= 15 is 0 Å². The molecule has 3 N–H and O–H groups in total. The van der Waals surface area contributed by atoms with Crippen LogP contribution in [-0.4, -0.2) is 43.8 Å². The fraction of sp³-hybridized carbons (Fsp3) is 0.368. The van der Waals surface area contributed by atoms with Crippen molar-refractivity contribution in [2.45, 2.75) is 37.8 Å². The molecule has 1 aromatic heterocycles. The number of thioether (sulfide) groups is 1. The van der Waals surface area contributed by atoms with Crippen LogP contribution in [0.25, 0.3) is 0 Å². The lowest BCUT2D eigenvalue weighted by Crippen LogP contribution is -2.32. The third-order valence-electron chi connectivity index (χ3n) is 4.66. The van der Waals surface area contributed by atoms with Crippen LogP contribution in [0.2, 0.25) is 0 Å². The highest BCUT2D eigenvalue weighted by Crippen LogP contribution is 2.38. The monoisotopic (exact) mass is 479 g/mol. The zero-order valence-electron chi connectivity index (χ0n) is 17.1. The van der Waals surface area contributed by atoms with Gasteiger partial charge in [0.15, 0.2) is 5.12 Å². The zero-order valence-corrected chi connectivity index (χ0v) is 18.7. The minimum Gasteiger partial charge on any atom is -0.445 e. The fourth-order valence-electron chi connectivity index (χ4n) is 3.26. The highest BCUT2D eigenvalue weighted by Gasteiger charge is 2.39. The molecule has 13 heteroatoms. The molecule has 1 aromatic carbocycles. The molecule has 0 spiro atoms. The molecule has 3 amide bonds. The maximum atomic E-state index is 12.8. The van der Waals surface area contributed by atoms with Crippen molar-refractivity contribution in [3.05, 3.63) is 56.0 Å². The van der Waals surface area contributed by atoms with Crippen molar-refractivity contribution in [3.8, 4) is 0 Å². The highest BCUT2D eigenvalue weighted by molar-refractivity contribution is 8.14. The summed E-state index contributed by atoms with van der Waals surface area (Å²) in [6, 6.07) is 4.71. The molecular weight excluding hydrogens is 458 g/mol. The molecule has 0 saturated carbocycles. The van der Waals surface area contributed by atoms with Gasteiger partial charge in [-0.25, -0.2) is 14.6 Å². The molecular formula is C19H21N5O6S2. The van der Waals surface area contributed by atoms with Crippen molar-refractivity contribution in [1.82, 2.24) is 15.2 Å². The van der Waals surface area contributed by atoms with Crippen molar-refractivity contribution >= 4 is 46.0 Å². The quantitative estimate of drug-likeness (QED) is 0.453. The number of rotatable bonds is 7. The lowest BCUT2D eigenvalue weighted by atomic mass is 10.2. The van der Waals surface area contributed by atoms with Gasteiger partial charge in [0.25, 0.3) is 5.69 Å². The van der Waals surface area contributed by atoms with Gasteiger partial charge in [0.05, 0.1) is 23.2 Å². The smallest absolute Gasteiger partial charge is 0.410 e. The van der Waals surface area contributed by atoms with Gasteiger partial charge in [0.1, 0.15) is 11.6 Å².